The van der Waals surface area contributed by atoms with Gasteiger partial charge in [-0.3, -0.25) is 19.4 Å². The number of anilines is 1. The summed E-state index contributed by atoms with van der Waals surface area (Å²) in [6.07, 6.45) is 26.9. The molecule has 0 bridgehead atoms. The number of carbonyl (C=O) groups is 2. The molecule has 0 spiro atoms. The van der Waals surface area contributed by atoms with Crippen molar-refractivity contribution in [3.8, 4) is 0 Å². The molecule has 11 nitrogen and oxygen atoms in total. The molecule has 0 aliphatic carbocycles. The number of hydrogen-bond acceptors (Lipinski definition) is 9. The van der Waals surface area contributed by atoms with Crippen molar-refractivity contribution in [2.45, 2.75) is 168 Å². The molecular formula is C38H66N6O5. The molecule has 2 unspecified atom stereocenters. The van der Waals surface area contributed by atoms with Crippen LogP contribution in [0.3, 0.4) is 0 Å². The molecule has 11 heteroatoms. The Bertz CT molecular complexity index is 1290. The van der Waals surface area contributed by atoms with Crippen LogP contribution >= 0.6 is 0 Å². The Balaban J connectivity index is 1.70. The van der Waals surface area contributed by atoms with Crippen LogP contribution in [-0.4, -0.2) is 55.1 Å². The van der Waals surface area contributed by atoms with Gasteiger partial charge in [0, 0.05) is 18.9 Å². The molecule has 0 aliphatic heterocycles. The molecule has 0 saturated heterocycles. The largest absolute Gasteiger partial charge is 0.465 e. The van der Waals surface area contributed by atoms with Gasteiger partial charge in [-0.2, -0.15) is 4.98 Å². The fraction of sp³-hybridized carbons (Fsp3) is 0.763. The zero-order chi connectivity index (χ0) is 35.9. The van der Waals surface area contributed by atoms with Gasteiger partial charge in [-0.15, -0.1) is 0 Å². The van der Waals surface area contributed by atoms with Gasteiger partial charge in [0.25, 0.3) is 5.56 Å². The molecule has 2 heterocycles. The van der Waals surface area contributed by atoms with Gasteiger partial charge in [-0.25, -0.2) is 4.98 Å². The van der Waals surface area contributed by atoms with Crippen molar-refractivity contribution in [3.05, 3.63) is 28.8 Å². The summed E-state index contributed by atoms with van der Waals surface area (Å²) in [5, 5.41) is 11.1. The van der Waals surface area contributed by atoms with Crippen molar-refractivity contribution in [1.82, 2.24) is 19.5 Å². The average Bonchev–Trinajstić information content (AvgIpc) is 3.49. The Labute approximate surface area is 294 Å². The van der Waals surface area contributed by atoms with Crippen molar-refractivity contribution in [1.29, 1.82) is 0 Å². The summed E-state index contributed by atoms with van der Waals surface area (Å²) < 4.78 is 7.03. The number of esters is 1. The minimum atomic E-state index is -1.27. The lowest BCUT2D eigenvalue weighted by Gasteiger charge is -2.23. The maximum atomic E-state index is 13.1. The van der Waals surface area contributed by atoms with Crippen LogP contribution in [0.25, 0.3) is 11.2 Å². The van der Waals surface area contributed by atoms with Crippen LogP contribution in [0.5, 0.6) is 0 Å². The number of rotatable bonds is 29. The number of H-pyrrole nitrogens is 1. The number of ether oxygens (including phenoxy) is 1. The van der Waals surface area contributed by atoms with E-state index < -0.39 is 29.6 Å². The maximum absolute atomic E-state index is 13.1. The van der Waals surface area contributed by atoms with E-state index in [1.54, 1.807) is 4.57 Å². The van der Waals surface area contributed by atoms with E-state index in [0.29, 0.717) is 6.42 Å². The number of aromatic nitrogens is 4. The first-order chi connectivity index (χ1) is 23.7. The van der Waals surface area contributed by atoms with Crippen LogP contribution in [-0.2, 0) is 20.9 Å². The summed E-state index contributed by atoms with van der Waals surface area (Å²) in [7, 11) is 0. The van der Waals surface area contributed by atoms with E-state index in [2.05, 4.69) is 34.0 Å². The van der Waals surface area contributed by atoms with Crippen LogP contribution in [0.4, 0.5) is 5.95 Å². The van der Waals surface area contributed by atoms with E-state index in [-0.39, 0.29) is 54.8 Å². The number of allylic oxidation sites excluding steroid dienone is 2. The Morgan fingerprint density at radius 2 is 1.51 bits per heavy atom. The quantitative estimate of drug-likeness (QED) is 0.0393. The van der Waals surface area contributed by atoms with Crippen LogP contribution in [0.15, 0.2) is 23.3 Å². The Morgan fingerprint density at radius 3 is 2.10 bits per heavy atom. The standard InChI is InChI=1S/C38H66N6O5/c1-4-6-7-8-9-10-11-12-13-14-15-16-17-18-19-20-21-22-23-24-31(45)34(46)30(25-26-49-37(48)32(39)29(3)5-2)27-44-28-41-33-35(44)42-38(40)43-36(33)47/h12-13,28-30,32,34,46H,4-11,14-27,39H2,1-3H3,(H3,40,42,43,47)/t29-,30?,32-,34?/m0/s1. The average molecular weight is 687 g/mol. The Kier molecular flexibility index (Phi) is 21.5. The third-order valence-electron chi connectivity index (χ3n) is 9.65. The fourth-order valence-electron chi connectivity index (χ4n) is 6.09. The SMILES string of the molecule is CCCCCCCCC=CCCCCCCCCCCCC(=O)C(O)C(CCOC(=O)[C@@H](N)[C@@H](C)CC)Cn1cnc2c(=O)[nH]c(N)nc21. The van der Waals surface area contributed by atoms with E-state index >= 15 is 0 Å². The molecule has 0 aliphatic rings. The molecule has 0 fully saturated rings. The second kappa shape index (κ2) is 25.0. The first-order valence-corrected chi connectivity index (χ1v) is 19.2. The van der Waals surface area contributed by atoms with Crippen molar-refractivity contribution >= 4 is 28.9 Å². The van der Waals surface area contributed by atoms with Gasteiger partial charge in [-0.1, -0.05) is 116 Å². The van der Waals surface area contributed by atoms with Gasteiger partial charge in [0.2, 0.25) is 5.95 Å². The number of hydrogen-bond donors (Lipinski definition) is 4. The van der Waals surface area contributed by atoms with E-state index in [0.717, 1.165) is 25.7 Å². The Hall–Kier alpha value is -3.05. The van der Waals surface area contributed by atoms with Gasteiger partial charge in [0.05, 0.1) is 12.9 Å². The third kappa shape index (κ3) is 16.5. The summed E-state index contributed by atoms with van der Waals surface area (Å²) in [4.78, 5) is 48.5. The van der Waals surface area contributed by atoms with Crippen molar-refractivity contribution < 1.29 is 19.4 Å². The van der Waals surface area contributed by atoms with E-state index in [9.17, 15) is 19.5 Å². The van der Waals surface area contributed by atoms with E-state index in [4.69, 9.17) is 16.2 Å². The normalized spacial score (nSPS) is 14.3. The van der Waals surface area contributed by atoms with Crippen LogP contribution < -0.4 is 17.0 Å². The predicted molar refractivity (Wildman–Crippen MR) is 198 cm³/mol. The number of aliphatic hydroxyl groups is 1. The topological polar surface area (TPSA) is 179 Å². The number of nitrogens with zero attached hydrogens (tertiary/aromatic N) is 3. The summed E-state index contributed by atoms with van der Waals surface area (Å²) in [5.41, 5.74) is 11.7. The van der Waals surface area contributed by atoms with Crippen LogP contribution in [0, 0.1) is 11.8 Å². The number of aromatic amines is 1. The zero-order valence-electron chi connectivity index (χ0n) is 30.7. The molecule has 2 aromatic rings. The molecule has 0 amide bonds. The summed E-state index contributed by atoms with van der Waals surface area (Å²) >= 11 is 0. The number of ketones is 1. The molecule has 0 aromatic carbocycles. The zero-order valence-corrected chi connectivity index (χ0v) is 30.7. The number of carbonyl (C=O) groups excluding carboxylic acids is 2. The lowest BCUT2D eigenvalue weighted by atomic mass is 9.92. The summed E-state index contributed by atoms with van der Waals surface area (Å²) in [6, 6.07) is -0.738. The van der Waals surface area contributed by atoms with E-state index in [1.165, 1.54) is 89.8 Å². The second-order valence-electron chi connectivity index (χ2n) is 13.8. The highest BCUT2D eigenvalue weighted by Gasteiger charge is 2.28. The first kappa shape index (κ1) is 42.1. The van der Waals surface area contributed by atoms with Gasteiger partial charge >= 0.3 is 5.97 Å². The fourth-order valence-corrected chi connectivity index (χ4v) is 6.09. The van der Waals surface area contributed by atoms with Crippen LogP contribution in [0.2, 0.25) is 0 Å². The van der Waals surface area contributed by atoms with Gasteiger partial charge in [0.1, 0.15) is 12.1 Å². The third-order valence-corrected chi connectivity index (χ3v) is 9.65. The minimum absolute atomic E-state index is 0.00326. The maximum Gasteiger partial charge on any atom is 0.323 e. The molecular weight excluding hydrogens is 620 g/mol. The molecule has 2 rings (SSSR count). The molecule has 0 radical (unpaired) electrons. The number of aliphatic hydroxyl groups excluding tert-OH is 1. The van der Waals surface area contributed by atoms with E-state index in [1.807, 2.05) is 13.8 Å². The summed E-state index contributed by atoms with van der Waals surface area (Å²) in [5.74, 6) is -1.44. The highest BCUT2D eigenvalue weighted by molar-refractivity contribution is 5.83. The summed E-state index contributed by atoms with van der Waals surface area (Å²) in [6.45, 7) is 6.24. The molecule has 6 N–H and O–H groups in total. The number of fused-ring (bicyclic) bond motifs is 1. The highest BCUT2D eigenvalue weighted by atomic mass is 16.5. The van der Waals surface area contributed by atoms with Crippen molar-refractivity contribution in [3.63, 3.8) is 0 Å². The predicted octanol–water partition coefficient (Wildman–Crippen LogP) is 7.15. The minimum Gasteiger partial charge on any atom is -0.465 e. The van der Waals surface area contributed by atoms with Gasteiger partial charge in [0.15, 0.2) is 16.9 Å². The molecule has 0 saturated carbocycles. The molecule has 2 aromatic heterocycles. The monoisotopic (exact) mass is 687 g/mol. The lowest BCUT2D eigenvalue weighted by Crippen LogP contribution is -2.39. The second-order valence-corrected chi connectivity index (χ2v) is 13.8. The molecule has 49 heavy (non-hydrogen) atoms. The number of unbranched alkanes of at least 4 members (excludes halogenated alkanes) is 15. The lowest BCUT2D eigenvalue weighted by molar-refractivity contribution is -0.147. The number of nitrogens with one attached hydrogen (secondary N) is 1. The molecule has 278 valence electrons. The van der Waals surface area contributed by atoms with Crippen LogP contribution in [0.1, 0.15) is 149 Å². The van der Waals surface area contributed by atoms with Gasteiger partial charge in [-0.05, 0) is 44.4 Å². The van der Waals surface area contributed by atoms with Gasteiger partial charge < -0.3 is 25.9 Å². The highest BCUT2D eigenvalue weighted by Crippen LogP contribution is 2.20. The van der Waals surface area contributed by atoms with Crippen molar-refractivity contribution in [2.75, 3.05) is 12.3 Å². The first-order valence-electron chi connectivity index (χ1n) is 19.2. The molecule has 4 atom stereocenters. The number of nitrogens with two attached hydrogens (primary N) is 2. The number of imidazole rings is 1. The number of nitrogen functional groups attached to an aromatic ring is 1. The smallest absolute Gasteiger partial charge is 0.323 e. The number of Topliss-reactive ketones (excluding diaryl/α,β-unsaturated/α-hetero) is 1. The Morgan fingerprint density at radius 1 is 0.939 bits per heavy atom. The van der Waals surface area contributed by atoms with Crippen molar-refractivity contribution in [2.24, 2.45) is 17.6 Å².